The number of sulfonamides is 1. The fraction of sp³-hybridized carbons (Fsp3) is 1.00. The van der Waals surface area contributed by atoms with Gasteiger partial charge in [-0.05, 0) is 6.92 Å². The van der Waals surface area contributed by atoms with Crippen LogP contribution in [0.4, 0.5) is 8.78 Å². The Morgan fingerprint density at radius 2 is 1.91 bits per heavy atom. The molecular formula is C5H11F2NO2S. The summed E-state index contributed by atoms with van der Waals surface area (Å²) in [5.41, 5.74) is 0. The zero-order valence-electron chi connectivity index (χ0n) is 6.34. The van der Waals surface area contributed by atoms with Gasteiger partial charge in [-0.3, -0.25) is 0 Å². The Kier molecular flexibility index (Phi) is 2.96. The molecule has 0 aromatic heterocycles. The van der Waals surface area contributed by atoms with E-state index < -0.39 is 27.6 Å². The Balaban J connectivity index is 4.21. The molecule has 3 nitrogen and oxygen atoms in total. The topological polar surface area (TPSA) is 60.2 Å². The van der Waals surface area contributed by atoms with Crippen LogP contribution in [-0.4, -0.2) is 20.1 Å². The van der Waals surface area contributed by atoms with E-state index in [1.807, 2.05) is 0 Å². The molecule has 1 atom stereocenters. The van der Waals surface area contributed by atoms with Crippen molar-refractivity contribution in [2.45, 2.75) is 19.8 Å². The van der Waals surface area contributed by atoms with Crippen molar-refractivity contribution in [2.75, 3.05) is 5.75 Å². The highest BCUT2D eigenvalue weighted by Crippen LogP contribution is 2.23. The molecule has 0 aromatic carbocycles. The van der Waals surface area contributed by atoms with E-state index in [1.165, 1.54) is 0 Å². The Hall–Kier alpha value is -0.230. The molecular weight excluding hydrogens is 176 g/mol. The predicted molar refractivity (Wildman–Crippen MR) is 37.8 cm³/mol. The van der Waals surface area contributed by atoms with Crippen LogP contribution in [0.5, 0.6) is 0 Å². The molecule has 0 spiro atoms. The lowest BCUT2D eigenvalue weighted by atomic mass is 10.1. The highest BCUT2D eigenvalue weighted by atomic mass is 32.2. The zero-order valence-corrected chi connectivity index (χ0v) is 7.16. The van der Waals surface area contributed by atoms with Gasteiger partial charge >= 0.3 is 0 Å². The fourth-order valence-corrected chi connectivity index (χ4v) is 1.48. The minimum atomic E-state index is -3.79. The lowest BCUT2D eigenvalue weighted by molar-refractivity contribution is -0.0238. The molecule has 0 saturated heterocycles. The third-order valence-corrected chi connectivity index (χ3v) is 2.31. The van der Waals surface area contributed by atoms with Crippen molar-refractivity contribution in [3.8, 4) is 0 Å². The molecule has 0 saturated carbocycles. The maximum Gasteiger partial charge on any atom is 0.248 e. The van der Waals surface area contributed by atoms with Crippen LogP contribution in [0.1, 0.15) is 13.8 Å². The van der Waals surface area contributed by atoms with Gasteiger partial charge in [0.15, 0.2) is 0 Å². The molecule has 0 aliphatic heterocycles. The Morgan fingerprint density at radius 3 is 2.00 bits per heavy atom. The normalized spacial score (nSPS) is 16.5. The average molecular weight is 187 g/mol. The summed E-state index contributed by atoms with van der Waals surface area (Å²) < 4.78 is 45.3. The first-order valence-corrected chi connectivity index (χ1v) is 4.73. The molecule has 2 N–H and O–H groups in total. The number of hydrogen-bond donors (Lipinski definition) is 1. The summed E-state index contributed by atoms with van der Waals surface area (Å²) in [6.07, 6.45) is 0. The second kappa shape index (κ2) is 3.02. The van der Waals surface area contributed by atoms with Crippen LogP contribution in [0.3, 0.4) is 0 Å². The van der Waals surface area contributed by atoms with Crippen molar-refractivity contribution >= 4 is 10.0 Å². The van der Waals surface area contributed by atoms with Crippen molar-refractivity contribution in [2.24, 2.45) is 11.1 Å². The van der Waals surface area contributed by atoms with Crippen molar-refractivity contribution in [3.63, 3.8) is 0 Å². The SMILES string of the molecule is CC(CS(N)(=O)=O)C(C)(F)F. The van der Waals surface area contributed by atoms with Gasteiger partial charge in [-0.1, -0.05) is 6.92 Å². The van der Waals surface area contributed by atoms with Crippen LogP contribution in [0, 0.1) is 5.92 Å². The largest absolute Gasteiger partial charge is 0.248 e. The second-order valence-corrected chi connectivity index (χ2v) is 4.35. The number of rotatable bonds is 3. The molecule has 0 fully saturated rings. The summed E-state index contributed by atoms with van der Waals surface area (Å²) in [6, 6.07) is 0. The molecule has 0 rings (SSSR count). The van der Waals surface area contributed by atoms with Crippen molar-refractivity contribution in [1.82, 2.24) is 0 Å². The van der Waals surface area contributed by atoms with Crippen LogP contribution in [-0.2, 0) is 10.0 Å². The molecule has 0 aromatic rings. The van der Waals surface area contributed by atoms with E-state index in [4.69, 9.17) is 0 Å². The van der Waals surface area contributed by atoms with Gasteiger partial charge in [0.2, 0.25) is 15.9 Å². The van der Waals surface area contributed by atoms with Gasteiger partial charge < -0.3 is 0 Å². The number of halogens is 2. The molecule has 0 aliphatic rings. The molecule has 0 heterocycles. The van der Waals surface area contributed by atoms with Crippen molar-refractivity contribution < 1.29 is 17.2 Å². The van der Waals surface area contributed by atoms with Crippen LogP contribution in [0.2, 0.25) is 0 Å². The first kappa shape index (κ1) is 10.8. The Morgan fingerprint density at radius 1 is 1.55 bits per heavy atom. The van der Waals surface area contributed by atoms with Crippen LogP contribution >= 0.6 is 0 Å². The van der Waals surface area contributed by atoms with E-state index >= 15 is 0 Å². The predicted octanol–water partition coefficient (Wildman–Crippen LogP) is 0.566. The lowest BCUT2D eigenvalue weighted by Gasteiger charge is -2.17. The highest BCUT2D eigenvalue weighted by molar-refractivity contribution is 7.89. The average Bonchev–Trinajstić information content (AvgIpc) is 1.56. The molecule has 0 aliphatic carbocycles. The van der Waals surface area contributed by atoms with E-state index in [1.54, 1.807) is 0 Å². The lowest BCUT2D eigenvalue weighted by Crippen LogP contribution is -2.31. The zero-order chi connectivity index (χ0) is 9.28. The third-order valence-electron chi connectivity index (χ3n) is 1.35. The maximum atomic E-state index is 12.3. The van der Waals surface area contributed by atoms with Gasteiger partial charge in [0.05, 0.1) is 5.75 Å². The number of primary sulfonamides is 1. The van der Waals surface area contributed by atoms with E-state index in [0.717, 1.165) is 6.92 Å². The van der Waals surface area contributed by atoms with Crippen molar-refractivity contribution in [1.29, 1.82) is 0 Å². The molecule has 11 heavy (non-hydrogen) atoms. The van der Waals surface area contributed by atoms with Crippen LogP contribution in [0.15, 0.2) is 0 Å². The first-order chi connectivity index (χ1) is 4.63. The number of nitrogens with two attached hydrogens (primary N) is 1. The summed E-state index contributed by atoms with van der Waals surface area (Å²) in [6.45, 7) is 1.81. The minimum Gasteiger partial charge on any atom is -0.229 e. The first-order valence-electron chi connectivity index (χ1n) is 3.01. The van der Waals surface area contributed by atoms with Crippen LogP contribution in [0.25, 0.3) is 0 Å². The molecule has 0 amide bonds. The third kappa shape index (κ3) is 5.09. The standard InChI is InChI=1S/C5H11F2NO2S/c1-4(5(2,6)7)3-11(8,9)10/h4H,3H2,1-2H3,(H2,8,9,10). The summed E-state index contributed by atoms with van der Waals surface area (Å²) in [4.78, 5) is 0. The summed E-state index contributed by atoms with van der Waals surface area (Å²) >= 11 is 0. The Bertz CT molecular complexity index is 219. The summed E-state index contributed by atoms with van der Waals surface area (Å²) in [5, 5.41) is 4.57. The summed E-state index contributed by atoms with van der Waals surface area (Å²) in [5.74, 6) is -4.92. The Labute approximate surface area is 64.6 Å². The van der Waals surface area contributed by atoms with Gasteiger partial charge in [-0.15, -0.1) is 0 Å². The molecule has 6 heteroatoms. The van der Waals surface area contributed by atoms with Gasteiger partial charge in [0.25, 0.3) is 0 Å². The monoisotopic (exact) mass is 187 g/mol. The fourth-order valence-electron chi connectivity index (χ4n) is 0.495. The minimum absolute atomic E-state index is 0.669. The van der Waals surface area contributed by atoms with Gasteiger partial charge in [-0.2, -0.15) is 0 Å². The van der Waals surface area contributed by atoms with Gasteiger partial charge in [0, 0.05) is 5.92 Å². The summed E-state index contributed by atoms with van der Waals surface area (Å²) in [7, 11) is -3.79. The number of hydrogen-bond acceptors (Lipinski definition) is 2. The van der Waals surface area contributed by atoms with Crippen LogP contribution < -0.4 is 5.14 Å². The van der Waals surface area contributed by atoms with Crippen molar-refractivity contribution in [3.05, 3.63) is 0 Å². The van der Waals surface area contributed by atoms with E-state index in [0.29, 0.717) is 6.92 Å². The quantitative estimate of drug-likeness (QED) is 0.702. The second-order valence-electron chi connectivity index (χ2n) is 2.69. The maximum absolute atomic E-state index is 12.3. The molecule has 0 radical (unpaired) electrons. The van der Waals surface area contributed by atoms with Gasteiger partial charge in [0.1, 0.15) is 0 Å². The smallest absolute Gasteiger partial charge is 0.229 e. The van der Waals surface area contributed by atoms with E-state index in [9.17, 15) is 17.2 Å². The molecule has 1 unspecified atom stereocenters. The van der Waals surface area contributed by atoms with Gasteiger partial charge in [-0.25, -0.2) is 22.3 Å². The molecule has 0 bridgehead atoms. The molecule has 68 valence electrons. The van der Waals surface area contributed by atoms with E-state index in [-0.39, 0.29) is 0 Å². The van der Waals surface area contributed by atoms with E-state index in [2.05, 4.69) is 5.14 Å². The number of alkyl halides is 2. The highest BCUT2D eigenvalue weighted by Gasteiger charge is 2.32.